The number of carbonyl (C=O) groups excluding carboxylic acids is 1. The zero-order valence-electron chi connectivity index (χ0n) is 27.0. The maximum Gasteiger partial charge on any atom is 0.317 e. The molecule has 13 heteroatoms. The molecule has 1 amide bonds. The van der Waals surface area contributed by atoms with Crippen molar-refractivity contribution < 1.29 is 19.4 Å². The molecule has 49 heavy (non-hydrogen) atoms. The van der Waals surface area contributed by atoms with E-state index in [4.69, 9.17) is 43.0 Å². The number of carbonyl (C=O) groups is 2. The number of pyridine rings is 2. The highest BCUT2D eigenvalue weighted by Gasteiger charge is 2.47. The van der Waals surface area contributed by atoms with Crippen molar-refractivity contribution in [3.63, 3.8) is 0 Å². The summed E-state index contributed by atoms with van der Waals surface area (Å²) in [4.78, 5) is 39.3. The molecule has 252 valence electrons. The fourth-order valence-electron chi connectivity index (χ4n) is 6.80. The number of aromatic nitrogens is 3. The number of hydrogen-bond acceptors (Lipinski definition) is 9. The summed E-state index contributed by atoms with van der Waals surface area (Å²) in [6.07, 6.45) is 3.69. The summed E-state index contributed by atoms with van der Waals surface area (Å²) >= 11 is 15.7. The number of thiazole rings is 1. The van der Waals surface area contributed by atoms with Crippen LogP contribution < -0.4 is 15.4 Å². The molecule has 2 aromatic carbocycles. The molecule has 0 unspecified atom stereocenters. The van der Waals surface area contributed by atoms with E-state index in [-0.39, 0.29) is 18.0 Å². The summed E-state index contributed by atoms with van der Waals surface area (Å²) < 4.78 is 6.76. The van der Waals surface area contributed by atoms with Crippen molar-refractivity contribution in [2.75, 3.05) is 26.7 Å². The molecule has 5 heterocycles. The average molecular weight is 718 g/mol. The molecule has 2 saturated heterocycles. The van der Waals surface area contributed by atoms with Crippen molar-refractivity contribution in [3.05, 3.63) is 92.2 Å². The number of aryl methyl sites for hydroxylation is 1. The maximum absolute atomic E-state index is 11.8. The van der Waals surface area contributed by atoms with Crippen LogP contribution in [0.15, 0.2) is 54.7 Å². The Morgan fingerprint density at radius 2 is 1.86 bits per heavy atom. The number of amides is 1. The Morgan fingerprint density at radius 1 is 1.10 bits per heavy atom. The molecular formula is C36H34Cl2N6O4S. The highest BCUT2D eigenvalue weighted by atomic mass is 35.5. The number of methoxy groups -OCH3 is 1. The topological polar surface area (TPSA) is 130 Å². The number of carboxylic acid groups (broad SMARTS) is 1. The van der Waals surface area contributed by atoms with Gasteiger partial charge in [-0.2, -0.15) is 0 Å². The monoisotopic (exact) mass is 716 g/mol. The lowest BCUT2D eigenvalue weighted by Crippen LogP contribution is -2.66. The maximum atomic E-state index is 11.8. The Hall–Kier alpha value is -4.13. The first-order valence-corrected chi connectivity index (χ1v) is 17.5. The SMILES string of the molecule is COc1nc(-c2cccc(-c3cccc(Cc4nccc5sc(CNCC(=O)O)nc45)c3Cl)c2Cl)cc(C)c1CN1CC2(CCC(=O)N2)C1. The number of nitrogens with one attached hydrogen (secondary N) is 2. The standard InChI is InChI=1S/C36H34Cl2N6O4S/c1-20-13-26(41-35(48-2)25(20)17-44-18-36(19-44)11-9-29(45)43-36)24-8-4-7-23(33(24)38)22-6-3-5-21(32(22)37)14-27-34-28(10-12-40-27)49-30(42-34)15-39-16-31(46)47/h3-8,10,12-13,39H,9,11,14-19H2,1-2H3,(H,43,45)(H,46,47). The number of hydrogen-bond donors (Lipinski definition) is 3. The summed E-state index contributed by atoms with van der Waals surface area (Å²) in [7, 11) is 1.63. The molecular weight excluding hydrogens is 683 g/mol. The highest BCUT2D eigenvalue weighted by Crippen LogP contribution is 2.42. The van der Waals surface area contributed by atoms with E-state index in [0.717, 1.165) is 73.8 Å². The Bertz CT molecular complexity index is 2100. The molecule has 0 saturated carbocycles. The van der Waals surface area contributed by atoms with E-state index < -0.39 is 5.97 Å². The molecule has 0 aliphatic carbocycles. The molecule has 3 N–H and O–H groups in total. The van der Waals surface area contributed by atoms with Crippen LogP contribution in [-0.4, -0.2) is 69.1 Å². The van der Waals surface area contributed by atoms with Crippen LogP contribution >= 0.6 is 34.5 Å². The summed E-state index contributed by atoms with van der Waals surface area (Å²) in [5.41, 5.74) is 7.45. The van der Waals surface area contributed by atoms with Gasteiger partial charge < -0.3 is 20.5 Å². The molecule has 0 bridgehead atoms. The Kier molecular flexibility index (Phi) is 9.29. The first kappa shape index (κ1) is 33.4. The van der Waals surface area contributed by atoms with Gasteiger partial charge in [-0.25, -0.2) is 9.97 Å². The second-order valence-corrected chi connectivity index (χ2v) is 14.5. The van der Waals surface area contributed by atoms with Crippen molar-refractivity contribution in [1.82, 2.24) is 30.5 Å². The quantitative estimate of drug-likeness (QED) is 0.145. The second-order valence-electron chi connectivity index (χ2n) is 12.6. The lowest BCUT2D eigenvalue weighted by molar-refractivity contribution is -0.136. The molecule has 7 rings (SSSR count). The van der Waals surface area contributed by atoms with Crippen LogP contribution in [-0.2, 0) is 29.1 Å². The van der Waals surface area contributed by atoms with E-state index in [9.17, 15) is 9.59 Å². The van der Waals surface area contributed by atoms with E-state index in [1.807, 2.05) is 48.5 Å². The number of aliphatic carboxylic acids is 1. The number of halogens is 2. The van der Waals surface area contributed by atoms with Crippen LogP contribution in [0, 0.1) is 6.92 Å². The van der Waals surface area contributed by atoms with Gasteiger partial charge in [-0.05, 0) is 36.6 Å². The Labute approximate surface area is 297 Å². The first-order chi connectivity index (χ1) is 23.6. The van der Waals surface area contributed by atoms with E-state index in [1.54, 1.807) is 13.3 Å². The minimum Gasteiger partial charge on any atom is -0.481 e. The van der Waals surface area contributed by atoms with Gasteiger partial charge in [0, 0.05) is 67.5 Å². The molecule has 0 radical (unpaired) electrons. The number of rotatable bonds is 11. The molecule has 1 spiro atoms. The molecule has 0 atom stereocenters. The molecule has 2 aliphatic rings. The summed E-state index contributed by atoms with van der Waals surface area (Å²) in [5.74, 6) is -0.227. The van der Waals surface area contributed by atoms with Gasteiger partial charge in [0.05, 0.1) is 45.3 Å². The van der Waals surface area contributed by atoms with Crippen LogP contribution in [0.2, 0.25) is 10.0 Å². The molecule has 10 nitrogen and oxygen atoms in total. The van der Waals surface area contributed by atoms with Crippen molar-refractivity contribution in [2.45, 2.75) is 44.8 Å². The number of benzene rings is 2. The van der Waals surface area contributed by atoms with Crippen LogP contribution in [0.3, 0.4) is 0 Å². The Balaban J connectivity index is 1.14. The minimum atomic E-state index is -0.916. The molecule has 2 aliphatic heterocycles. The smallest absolute Gasteiger partial charge is 0.317 e. The van der Waals surface area contributed by atoms with Crippen LogP contribution in [0.4, 0.5) is 0 Å². The third-order valence-corrected chi connectivity index (χ3v) is 11.0. The lowest BCUT2D eigenvalue weighted by atomic mass is 9.87. The predicted octanol–water partition coefficient (Wildman–Crippen LogP) is 6.27. The zero-order valence-corrected chi connectivity index (χ0v) is 29.3. The van der Waals surface area contributed by atoms with E-state index >= 15 is 0 Å². The van der Waals surface area contributed by atoms with Gasteiger partial charge in [-0.3, -0.25) is 19.5 Å². The van der Waals surface area contributed by atoms with Gasteiger partial charge in [0.1, 0.15) is 10.5 Å². The van der Waals surface area contributed by atoms with Crippen molar-refractivity contribution in [3.8, 4) is 28.3 Å². The number of likely N-dealkylation sites (tertiary alicyclic amines) is 1. The van der Waals surface area contributed by atoms with Gasteiger partial charge in [0.25, 0.3) is 0 Å². The lowest BCUT2D eigenvalue weighted by Gasteiger charge is -2.48. The third-order valence-electron chi connectivity index (χ3n) is 9.15. The van der Waals surface area contributed by atoms with E-state index in [1.165, 1.54) is 11.3 Å². The number of ether oxygens (including phenoxy) is 1. The molecule has 3 aromatic heterocycles. The minimum absolute atomic E-state index is 0.0888. The van der Waals surface area contributed by atoms with Crippen molar-refractivity contribution in [1.29, 1.82) is 0 Å². The van der Waals surface area contributed by atoms with Gasteiger partial charge >= 0.3 is 5.97 Å². The zero-order chi connectivity index (χ0) is 34.3. The van der Waals surface area contributed by atoms with Crippen LogP contribution in [0.1, 0.15) is 40.2 Å². The van der Waals surface area contributed by atoms with Gasteiger partial charge in [0.15, 0.2) is 0 Å². The largest absolute Gasteiger partial charge is 0.481 e. The average Bonchev–Trinajstić information content (AvgIpc) is 3.66. The fourth-order valence-corrected chi connectivity index (χ4v) is 8.38. The van der Waals surface area contributed by atoms with E-state index in [2.05, 4.69) is 27.4 Å². The second kappa shape index (κ2) is 13.6. The summed E-state index contributed by atoms with van der Waals surface area (Å²) in [5, 5.41) is 16.9. The fraction of sp³-hybridized carbons (Fsp3) is 0.306. The number of carboxylic acids is 1. The summed E-state index contributed by atoms with van der Waals surface area (Å²) in [6, 6.07) is 15.7. The van der Waals surface area contributed by atoms with Crippen LogP contribution in [0.25, 0.3) is 32.6 Å². The molecule has 5 aromatic rings. The van der Waals surface area contributed by atoms with E-state index in [0.29, 0.717) is 47.6 Å². The first-order valence-electron chi connectivity index (χ1n) is 15.9. The Morgan fingerprint density at radius 3 is 2.59 bits per heavy atom. The van der Waals surface area contributed by atoms with Gasteiger partial charge in [-0.15, -0.1) is 11.3 Å². The van der Waals surface area contributed by atoms with Crippen molar-refractivity contribution >= 4 is 56.6 Å². The number of fused-ring (bicyclic) bond motifs is 1. The van der Waals surface area contributed by atoms with Crippen molar-refractivity contribution in [2.24, 2.45) is 0 Å². The highest BCUT2D eigenvalue weighted by molar-refractivity contribution is 7.18. The van der Waals surface area contributed by atoms with Crippen LogP contribution in [0.5, 0.6) is 5.88 Å². The normalized spacial score (nSPS) is 15.5. The summed E-state index contributed by atoms with van der Waals surface area (Å²) in [6.45, 7) is 4.60. The van der Waals surface area contributed by atoms with Gasteiger partial charge in [0.2, 0.25) is 11.8 Å². The van der Waals surface area contributed by atoms with Gasteiger partial charge in [-0.1, -0.05) is 59.6 Å². The number of nitrogens with zero attached hydrogens (tertiary/aromatic N) is 4. The predicted molar refractivity (Wildman–Crippen MR) is 191 cm³/mol. The third kappa shape index (κ3) is 6.73. The molecule has 2 fully saturated rings.